The SMILES string of the molecule is Cc1noc(C)c1CC(=O)Nc1ccccc1N1CCc2ccccc2C1. The van der Waals surface area contributed by atoms with E-state index < -0.39 is 0 Å². The zero-order valence-electron chi connectivity index (χ0n) is 15.7. The number of nitrogens with zero attached hydrogens (tertiary/aromatic N) is 2. The van der Waals surface area contributed by atoms with Crippen LogP contribution in [0, 0.1) is 13.8 Å². The van der Waals surface area contributed by atoms with E-state index in [9.17, 15) is 4.79 Å². The van der Waals surface area contributed by atoms with Crippen molar-refractivity contribution >= 4 is 17.3 Å². The number of anilines is 2. The van der Waals surface area contributed by atoms with Gasteiger partial charge in [-0.1, -0.05) is 41.6 Å². The lowest BCUT2D eigenvalue weighted by Crippen LogP contribution is -2.31. The highest BCUT2D eigenvalue weighted by Gasteiger charge is 2.20. The van der Waals surface area contributed by atoms with Gasteiger partial charge in [-0.25, -0.2) is 0 Å². The quantitative estimate of drug-likeness (QED) is 0.762. The van der Waals surface area contributed by atoms with E-state index in [-0.39, 0.29) is 12.3 Å². The van der Waals surface area contributed by atoms with Gasteiger partial charge in [0.15, 0.2) is 0 Å². The summed E-state index contributed by atoms with van der Waals surface area (Å²) in [4.78, 5) is 14.9. The standard InChI is InChI=1S/C22H23N3O2/c1-15-19(16(2)27-24-15)13-22(26)23-20-9-5-6-10-21(20)25-12-11-17-7-3-4-8-18(17)14-25/h3-10H,11-14H2,1-2H3,(H,23,26). The topological polar surface area (TPSA) is 58.4 Å². The van der Waals surface area contributed by atoms with Crippen molar-refractivity contribution in [3.63, 3.8) is 0 Å². The van der Waals surface area contributed by atoms with Crippen LogP contribution in [0.4, 0.5) is 11.4 Å². The van der Waals surface area contributed by atoms with Crippen molar-refractivity contribution < 1.29 is 9.32 Å². The Bertz CT molecular complexity index is 958. The summed E-state index contributed by atoms with van der Waals surface area (Å²) >= 11 is 0. The fraction of sp³-hybridized carbons (Fsp3) is 0.273. The maximum atomic E-state index is 12.6. The van der Waals surface area contributed by atoms with Crippen molar-refractivity contribution in [2.45, 2.75) is 33.2 Å². The van der Waals surface area contributed by atoms with Crippen LogP contribution in [-0.2, 0) is 24.2 Å². The van der Waals surface area contributed by atoms with Crippen molar-refractivity contribution in [3.8, 4) is 0 Å². The zero-order valence-corrected chi connectivity index (χ0v) is 15.7. The molecule has 0 atom stereocenters. The molecule has 0 fully saturated rings. The van der Waals surface area contributed by atoms with E-state index in [0.717, 1.165) is 42.1 Å². The van der Waals surface area contributed by atoms with Crippen molar-refractivity contribution in [2.75, 3.05) is 16.8 Å². The number of carbonyl (C=O) groups excluding carboxylic acids is 1. The van der Waals surface area contributed by atoms with E-state index in [1.54, 1.807) is 0 Å². The third-order valence-corrected chi connectivity index (χ3v) is 5.17. The van der Waals surface area contributed by atoms with E-state index in [2.05, 4.69) is 45.7 Å². The molecule has 4 rings (SSSR count). The summed E-state index contributed by atoms with van der Waals surface area (Å²) in [6.45, 7) is 5.49. The highest BCUT2D eigenvalue weighted by atomic mass is 16.5. The number of hydrogen-bond acceptors (Lipinski definition) is 4. The van der Waals surface area contributed by atoms with Crippen molar-refractivity contribution in [2.24, 2.45) is 0 Å². The van der Waals surface area contributed by atoms with E-state index >= 15 is 0 Å². The van der Waals surface area contributed by atoms with Gasteiger partial charge in [0.1, 0.15) is 5.76 Å². The van der Waals surface area contributed by atoms with Crippen LogP contribution in [0.2, 0.25) is 0 Å². The molecular formula is C22H23N3O2. The second kappa shape index (κ2) is 7.27. The summed E-state index contributed by atoms with van der Waals surface area (Å²) in [5, 5.41) is 7.00. The number of para-hydroxylation sites is 2. The Hall–Kier alpha value is -3.08. The number of nitrogens with one attached hydrogen (secondary N) is 1. The average molecular weight is 361 g/mol. The summed E-state index contributed by atoms with van der Waals surface area (Å²) in [6.07, 6.45) is 1.27. The van der Waals surface area contributed by atoms with Crippen LogP contribution in [0.5, 0.6) is 0 Å². The Balaban J connectivity index is 1.53. The first-order chi connectivity index (χ1) is 13.1. The summed E-state index contributed by atoms with van der Waals surface area (Å²) in [6, 6.07) is 16.5. The van der Waals surface area contributed by atoms with Gasteiger partial charge in [0.05, 0.1) is 23.5 Å². The molecule has 2 heterocycles. The average Bonchev–Trinajstić information content (AvgIpc) is 3.00. The normalized spacial score (nSPS) is 13.3. The number of fused-ring (bicyclic) bond motifs is 1. The first kappa shape index (κ1) is 17.3. The predicted molar refractivity (Wildman–Crippen MR) is 106 cm³/mol. The van der Waals surface area contributed by atoms with Gasteiger partial charge in [-0.15, -0.1) is 0 Å². The van der Waals surface area contributed by atoms with Crippen molar-refractivity contribution in [3.05, 3.63) is 76.7 Å². The molecule has 0 saturated heterocycles. The van der Waals surface area contributed by atoms with Gasteiger partial charge in [-0.3, -0.25) is 4.79 Å². The summed E-state index contributed by atoms with van der Waals surface area (Å²) in [5.41, 5.74) is 6.28. The Morgan fingerprint density at radius 1 is 1.11 bits per heavy atom. The van der Waals surface area contributed by atoms with Crippen LogP contribution in [0.3, 0.4) is 0 Å². The van der Waals surface area contributed by atoms with Gasteiger partial charge in [0.2, 0.25) is 5.91 Å². The zero-order chi connectivity index (χ0) is 18.8. The van der Waals surface area contributed by atoms with E-state index in [1.165, 1.54) is 11.1 Å². The number of aromatic nitrogens is 1. The number of aryl methyl sites for hydroxylation is 2. The van der Waals surface area contributed by atoms with E-state index in [0.29, 0.717) is 5.76 Å². The summed E-state index contributed by atoms with van der Waals surface area (Å²) < 4.78 is 5.16. The summed E-state index contributed by atoms with van der Waals surface area (Å²) in [7, 11) is 0. The van der Waals surface area contributed by atoms with Gasteiger partial charge < -0.3 is 14.7 Å². The molecule has 0 bridgehead atoms. The van der Waals surface area contributed by atoms with Gasteiger partial charge in [0.25, 0.3) is 0 Å². The Kier molecular flexibility index (Phi) is 4.67. The largest absolute Gasteiger partial charge is 0.365 e. The summed E-state index contributed by atoms with van der Waals surface area (Å²) in [5.74, 6) is 0.637. The number of amides is 1. The Labute approximate surface area is 159 Å². The highest BCUT2D eigenvalue weighted by Crippen LogP contribution is 2.30. The smallest absolute Gasteiger partial charge is 0.229 e. The monoisotopic (exact) mass is 361 g/mol. The lowest BCUT2D eigenvalue weighted by molar-refractivity contribution is -0.115. The first-order valence-electron chi connectivity index (χ1n) is 9.24. The molecule has 0 saturated carbocycles. The molecule has 1 aliphatic heterocycles. The molecular weight excluding hydrogens is 338 g/mol. The molecule has 5 nitrogen and oxygen atoms in total. The minimum atomic E-state index is -0.0609. The maximum absolute atomic E-state index is 12.6. The van der Waals surface area contributed by atoms with E-state index in [4.69, 9.17) is 4.52 Å². The highest BCUT2D eigenvalue weighted by molar-refractivity contribution is 5.95. The predicted octanol–water partition coefficient (Wildman–Crippen LogP) is 4.04. The molecule has 1 aromatic heterocycles. The molecule has 138 valence electrons. The number of rotatable bonds is 4. The number of benzene rings is 2. The number of carbonyl (C=O) groups is 1. The van der Waals surface area contributed by atoms with Crippen LogP contribution in [-0.4, -0.2) is 17.6 Å². The van der Waals surface area contributed by atoms with E-state index in [1.807, 2.05) is 32.0 Å². The molecule has 5 heteroatoms. The lowest BCUT2D eigenvalue weighted by Gasteiger charge is -2.32. The molecule has 0 unspecified atom stereocenters. The number of hydrogen-bond donors (Lipinski definition) is 1. The van der Waals surface area contributed by atoms with Crippen LogP contribution in [0.15, 0.2) is 53.1 Å². The molecule has 1 amide bonds. The maximum Gasteiger partial charge on any atom is 0.229 e. The third kappa shape index (κ3) is 3.58. The molecule has 2 aromatic carbocycles. The van der Waals surface area contributed by atoms with Crippen LogP contribution >= 0.6 is 0 Å². The van der Waals surface area contributed by atoms with Gasteiger partial charge in [-0.2, -0.15) is 0 Å². The molecule has 27 heavy (non-hydrogen) atoms. The molecule has 3 aromatic rings. The van der Waals surface area contributed by atoms with Crippen LogP contribution in [0.1, 0.15) is 28.1 Å². The minimum Gasteiger partial charge on any atom is -0.365 e. The van der Waals surface area contributed by atoms with Crippen molar-refractivity contribution in [1.29, 1.82) is 0 Å². The van der Waals surface area contributed by atoms with Gasteiger partial charge in [-0.05, 0) is 43.5 Å². The van der Waals surface area contributed by atoms with Gasteiger partial charge in [0, 0.05) is 18.7 Å². The fourth-order valence-corrected chi connectivity index (χ4v) is 3.67. The fourth-order valence-electron chi connectivity index (χ4n) is 3.67. The van der Waals surface area contributed by atoms with Gasteiger partial charge >= 0.3 is 0 Å². The first-order valence-corrected chi connectivity index (χ1v) is 9.24. The molecule has 1 N–H and O–H groups in total. The third-order valence-electron chi connectivity index (χ3n) is 5.17. The molecule has 0 aliphatic carbocycles. The lowest BCUT2D eigenvalue weighted by atomic mass is 9.99. The van der Waals surface area contributed by atoms with Crippen molar-refractivity contribution in [1.82, 2.24) is 5.16 Å². The van der Waals surface area contributed by atoms with Crippen LogP contribution in [0.25, 0.3) is 0 Å². The minimum absolute atomic E-state index is 0.0609. The second-order valence-corrected chi connectivity index (χ2v) is 6.99. The second-order valence-electron chi connectivity index (χ2n) is 6.99. The Morgan fingerprint density at radius 3 is 2.63 bits per heavy atom. The molecule has 0 radical (unpaired) electrons. The van der Waals surface area contributed by atoms with Crippen LogP contribution < -0.4 is 10.2 Å². The Morgan fingerprint density at radius 2 is 1.85 bits per heavy atom. The molecule has 0 spiro atoms. The molecule has 1 aliphatic rings.